The Morgan fingerprint density at radius 1 is 1.19 bits per heavy atom. The molecule has 2 rings (SSSR count). The van der Waals surface area contributed by atoms with E-state index in [0.29, 0.717) is 31.3 Å². The summed E-state index contributed by atoms with van der Waals surface area (Å²) in [5.41, 5.74) is -1.18. The van der Waals surface area contributed by atoms with Crippen LogP contribution in [0.25, 0.3) is 0 Å². The number of rotatable bonds is 4. The quantitative estimate of drug-likeness (QED) is 0.733. The zero-order valence-corrected chi connectivity index (χ0v) is 13.2. The molecule has 21 heavy (non-hydrogen) atoms. The van der Waals surface area contributed by atoms with E-state index in [9.17, 15) is 14.7 Å². The summed E-state index contributed by atoms with van der Waals surface area (Å²) in [6.07, 6.45) is 6.87. The monoisotopic (exact) mass is 316 g/mol. The van der Waals surface area contributed by atoms with E-state index in [1.54, 1.807) is 0 Å². The summed E-state index contributed by atoms with van der Waals surface area (Å²) in [6, 6.07) is -0.217. The first-order chi connectivity index (χ1) is 10.1. The summed E-state index contributed by atoms with van der Waals surface area (Å²) in [5.74, 6) is -0.980. The lowest BCUT2D eigenvalue weighted by Crippen LogP contribution is -2.60. The standard InChI is InChI=1S/C14H24N2O4S/c1-21-11-4-2-10(3-5-11)15-13(19)16-14(12(17)18)6-8-20-9-7-14/h10-11H,2-9H2,1H3,(H,17,18)(H2,15,16,19). The highest BCUT2D eigenvalue weighted by molar-refractivity contribution is 7.99. The molecule has 0 spiro atoms. The van der Waals surface area contributed by atoms with Crippen LogP contribution in [0.4, 0.5) is 4.79 Å². The van der Waals surface area contributed by atoms with Crippen molar-refractivity contribution in [1.29, 1.82) is 0 Å². The van der Waals surface area contributed by atoms with Crippen LogP contribution in [0, 0.1) is 0 Å². The van der Waals surface area contributed by atoms with Gasteiger partial charge in [0.25, 0.3) is 0 Å². The molecule has 7 heteroatoms. The Kier molecular flexibility index (Phi) is 5.75. The van der Waals surface area contributed by atoms with Gasteiger partial charge in [-0.15, -0.1) is 0 Å². The zero-order valence-electron chi connectivity index (χ0n) is 12.4. The van der Waals surface area contributed by atoms with Gasteiger partial charge in [0.15, 0.2) is 0 Å². The fraction of sp³-hybridized carbons (Fsp3) is 0.857. The Labute approximate surface area is 129 Å². The minimum absolute atomic E-state index is 0.152. The molecule has 1 saturated heterocycles. The number of aliphatic carboxylic acids is 1. The molecule has 120 valence electrons. The van der Waals surface area contributed by atoms with Crippen LogP contribution in [0.2, 0.25) is 0 Å². The Morgan fingerprint density at radius 2 is 1.81 bits per heavy atom. The number of carbonyl (C=O) groups excluding carboxylic acids is 1. The van der Waals surface area contributed by atoms with Crippen molar-refractivity contribution in [2.24, 2.45) is 0 Å². The second-order valence-electron chi connectivity index (χ2n) is 5.81. The topological polar surface area (TPSA) is 87.7 Å². The third-order valence-corrected chi connectivity index (χ3v) is 5.59. The Bertz CT molecular complexity index is 377. The summed E-state index contributed by atoms with van der Waals surface area (Å²) in [7, 11) is 0. The number of ether oxygens (including phenoxy) is 1. The molecule has 0 radical (unpaired) electrons. The van der Waals surface area contributed by atoms with E-state index in [2.05, 4.69) is 16.9 Å². The van der Waals surface area contributed by atoms with Gasteiger partial charge >= 0.3 is 12.0 Å². The molecule has 1 saturated carbocycles. The van der Waals surface area contributed by atoms with Crippen LogP contribution in [0.5, 0.6) is 0 Å². The van der Waals surface area contributed by atoms with Gasteiger partial charge in [0.05, 0.1) is 0 Å². The molecular formula is C14H24N2O4S. The molecule has 0 aromatic carbocycles. The van der Waals surface area contributed by atoms with Crippen LogP contribution < -0.4 is 10.6 Å². The van der Waals surface area contributed by atoms with Crippen molar-refractivity contribution in [3.63, 3.8) is 0 Å². The minimum atomic E-state index is -1.18. The van der Waals surface area contributed by atoms with Gasteiger partial charge in [-0.2, -0.15) is 11.8 Å². The van der Waals surface area contributed by atoms with Crippen LogP contribution in [0.15, 0.2) is 0 Å². The van der Waals surface area contributed by atoms with Gasteiger partial charge in [-0.25, -0.2) is 9.59 Å². The number of thioether (sulfide) groups is 1. The first kappa shape index (κ1) is 16.4. The van der Waals surface area contributed by atoms with Gasteiger partial charge in [0, 0.05) is 37.3 Å². The number of carboxylic acid groups (broad SMARTS) is 1. The third kappa shape index (κ3) is 4.26. The summed E-state index contributed by atoms with van der Waals surface area (Å²) in [4.78, 5) is 23.6. The van der Waals surface area contributed by atoms with E-state index in [0.717, 1.165) is 25.7 Å². The molecule has 6 nitrogen and oxygen atoms in total. The molecule has 3 N–H and O–H groups in total. The molecule has 2 amide bonds. The lowest BCUT2D eigenvalue weighted by Gasteiger charge is -2.35. The summed E-state index contributed by atoms with van der Waals surface area (Å²) in [6.45, 7) is 0.733. The lowest BCUT2D eigenvalue weighted by molar-refractivity contribution is -0.148. The van der Waals surface area contributed by atoms with E-state index in [4.69, 9.17) is 4.74 Å². The minimum Gasteiger partial charge on any atom is -0.480 e. The van der Waals surface area contributed by atoms with Gasteiger partial charge in [-0.1, -0.05) is 0 Å². The second kappa shape index (κ2) is 7.35. The number of carboxylic acids is 1. The number of carbonyl (C=O) groups is 2. The molecule has 2 fully saturated rings. The van der Waals surface area contributed by atoms with Crippen molar-refractivity contribution in [3.05, 3.63) is 0 Å². The predicted octanol–water partition coefficient (Wildman–Crippen LogP) is 1.59. The van der Waals surface area contributed by atoms with Crippen LogP contribution >= 0.6 is 11.8 Å². The molecule has 0 aromatic rings. The van der Waals surface area contributed by atoms with E-state index in [1.165, 1.54) is 0 Å². The van der Waals surface area contributed by atoms with Crippen molar-refractivity contribution >= 4 is 23.8 Å². The zero-order chi connectivity index (χ0) is 15.3. The van der Waals surface area contributed by atoms with Crippen molar-refractivity contribution in [3.8, 4) is 0 Å². The number of hydrogen-bond acceptors (Lipinski definition) is 4. The largest absolute Gasteiger partial charge is 0.480 e. The van der Waals surface area contributed by atoms with Crippen molar-refractivity contribution in [2.75, 3.05) is 19.5 Å². The SMILES string of the molecule is CSC1CCC(NC(=O)NC2(C(=O)O)CCOCC2)CC1. The van der Waals surface area contributed by atoms with Crippen LogP contribution in [-0.2, 0) is 9.53 Å². The maximum absolute atomic E-state index is 12.1. The summed E-state index contributed by atoms with van der Waals surface area (Å²) < 4.78 is 5.19. The smallest absolute Gasteiger partial charge is 0.329 e. The first-order valence-corrected chi connectivity index (χ1v) is 8.77. The van der Waals surface area contributed by atoms with E-state index in [1.807, 2.05) is 11.8 Å². The fourth-order valence-electron chi connectivity index (χ4n) is 2.99. The highest BCUT2D eigenvalue weighted by Crippen LogP contribution is 2.27. The van der Waals surface area contributed by atoms with E-state index >= 15 is 0 Å². The molecule has 1 aliphatic carbocycles. The number of amides is 2. The Balaban J connectivity index is 1.84. The highest BCUT2D eigenvalue weighted by Gasteiger charge is 2.42. The number of urea groups is 1. The van der Waals surface area contributed by atoms with Crippen molar-refractivity contribution < 1.29 is 19.4 Å². The van der Waals surface area contributed by atoms with E-state index in [-0.39, 0.29) is 12.1 Å². The van der Waals surface area contributed by atoms with Gasteiger partial charge in [0.1, 0.15) is 5.54 Å². The molecule has 1 aliphatic heterocycles. The normalized spacial score (nSPS) is 28.6. The third-order valence-electron chi connectivity index (χ3n) is 4.45. The van der Waals surface area contributed by atoms with Crippen LogP contribution in [0.3, 0.4) is 0 Å². The average Bonchev–Trinajstić information content (AvgIpc) is 2.48. The highest BCUT2D eigenvalue weighted by atomic mass is 32.2. The lowest BCUT2D eigenvalue weighted by atomic mass is 9.90. The molecule has 2 aliphatic rings. The van der Waals surface area contributed by atoms with Gasteiger partial charge in [0.2, 0.25) is 0 Å². The maximum Gasteiger partial charge on any atom is 0.329 e. The maximum atomic E-state index is 12.1. The van der Waals surface area contributed by atoms with Crippen molar-refractivity contribution in [2.45, 2.75) is 55.4 Å². The molecule has 1 heterocycles. The van der Waals surface area contributed by atoms with Gasteiger partial charge < -0.3 is 20.5 Å². The number of hydrogen-bond donors (Lipinski definition) is 3. The second-order valence-corrected chi connectivity index (χ2v) is 6.95. The van der Waals surface area contributed by atoms with Crippen LogP contribution in [0.1, 0.15) is 38.5 Å². The Morgan fingerprint density at radius 3 is 2.33 bits per heavy atom. The first-order valence-electron chi connectivity index (χ1n) is 7.48. The molecule has 0 aromatic heterocycles. The Hall–Kier alpha value is -0.950. The van der Waals surface area contributed by atoms with Gasteiger partial charge in [-0.05, 0) is 31.9 Å². The number of nitrogens with one attached hydrogen (secondary N) is 2. The van der Waals surface area contributed by atoms with E-state index < -0.39 is 11.5 Å². The summed E-state index contributed by atoms with van der Waals surface area (Å²) in [5, 5.41) is 15.7. The average molecular weight is 316 g/mol. The fourth-order valence-corrected chi connectivity index (χ4v) is 3.74. The van der Waals surface area contributed by atoms with Gasteiger partial charge in [-0.3, -0.25) is 0 Å². The molecule has 0 atom stereocenters. The molecular weight excluding hydrogens is 292 g/mol. The summed E-state index contributed by atoms with van der Waals surface area (Å²) >= 11 is 1.88. The molecule has 0 bridgehead atoms. The predicted molar refractivity (Wildman–Crippen MR) is 81.6 cm³/mol. The molecule has 0 unspecified atom stereocenters. The van der Waals surface area contributed by atoms with Crippen molar-refractivity contribution in [1.82, 2.24) is 10.6 Å². The van der Waals surface area contributed by atoms with Crippen LogP contribution in [-0.4, -0.2) is 53.4 Å².